The Bertz CT molecular complexity index is 541. The summed E-state index contributed by atoms with van der Waals surface area (Å²) in [7, 11) is 0. The Morgan fingerprint density at radius 1 is 1.35 bits per heavy atom. The van der Waals surface area contributed by atoms with Crippen LogP contribution in [-0.2, 0) is 5.54 Å². The van der Waals surface area contributed by atoms with Crippen LogP contribution in [0.3, 0.4) is 0 Å². The number of rotatable bonds is 7. The molecule has 2 rings (SSSR count). The second kappa shape index (κ2) is 6.63. The Morgan fingerprint density at radius 3 is 2.39 bits per heavy atom. The first kappa shape index (κ1) is 18.0. The second-order valence-electron chi connectivity index (χ2n) is 7.86. The molecule has 1 aromatic heterocycles. The Labute approximate surface area is 139 Å². The van der Waals surface area contributed by atoms with Crippen molar-refractivity contribution in [2.24, 2.45) is 5.41 Å². The molecule has 0 spiro atoms. The van der Waals surface area contributed by atoms with Gasteiger partial charge in [0.1, 0.15) is 5.69 Å². The van der Waals surface area contributed by atoms with E-state index >= 15 is 0 Å². The number of aliphatic hydroxyl groups excluding tert-OH is 1. The fourth-order valence-corrected chi connectivity index (χ4v) is 2.85. The summed E-state index contributed by atoms with van der Waals surface area (Å²) in [6, 6.07) is 1.94. The first-order chi connectivity index (χ1) is 10.8. The number of nitrogens with zero attached hydrogens (tertiary/aromatic N) is 2. The van der Waals surface area contributed by atoms with Gasteiger partial charge in [-0.3, -0.25) is 9.48 Å². The minimum absolute atomic E-state index is 0.0873. The van der Waals surface area contributed by atoms with E-state index in [-0.39, 0.29) is 23.5 Å². The summed E-state index contributed by atoms with van der Waals surface area (Å²) < 4.78 is 2.00. The number of carbonyl (C=O) groups excluding carboxylic acids is 1. The summed E-state index contributed by atoms with van der Waals surface area (Å²) in [6.07, 6.45) is 4.04. The molecule has 1 aliphatic rings. The summed E-state index contributed by atoms with van der Waals surface area (Å²) in [4.78, 5) is 12.5. The van der Waals surface area contributed by atoms with Crippen LogP contribution in [0.1, 0.15) is 82.4 Å². The summed E-state index contributed by atoms with van der Waals surface area (Å²) in [6.45, 7) is 11.0. The average molecular weight is 321 g/mol. The largest absolute Gasteiger partial charge is 0.396 e. The normalized spacial score (nSPS) is 15.7. The molecule has 1 heterocycles. The van der Waals surface area contributed by atoms with Gasteiger partial charge in [0.15, 0.2) is 0 Å². The highest BCUT2D eigenvalue weighted by Gasteiger charge is 2.33. The van der Waals surface area contributed by atoms with E-state index in [0.717, 1.165) is 12.8 Å². The zero-order valence-electron chi connectivity index (χ0n) is 15.1. The van der Waals surface area contributed by atoms with Crippen molar-refractivity contribution in [2.45, 2.75) is 71.8 Å². The number of hydrogen-bond donors (Lipinski definition) is 2. The number of nitrogens with one attached hydrogen (secondary N) is 1. The highest BCUT2D eigenvalue weighted by molar-refractivity contribution is 5.92. The third-order valence-corrected chi connectivity index (χ3v) is 5.06. The predicted octanol–water partition coefficient (Wildman–Crippen LogP) is 3.04. The van der Waals surface area contributed by atoms with Gasteiger partial charge in [0.05, 0.1) is 12.1 Å². The Kier molecular flexibility index (Phi) is 5.19. The maximum atomic E-state index is 12.5. The van der Waals surface area contributed by atoms with E-state index in [2.05, 4.69) is 31.2 Å². The SMILES string of the molecule is CCC(CC)(CO)CNC(=O)c1cc(C2CC2)n(C(C)(C)C)n1. The minimum atomic E-state index is -0.235. The molecule has 130 valence electrons. The summed E-state index contributed by atoms with van der Waals surface area (Å²) in [5, 5.41) is 17.2. The van der Waals surface area contributed by atoms with Crippen LogP contribution in [0.15, 0.2) is 6.07 Å². The molecular formula is C18H31N3O2. The van der Waals surface area contributed by atoms with Crippen molar-refractivity contribution in [3.05, 3.63) is 17.5 Å². The van der Waals surface area contributed by atoms with Crippen LogP contribution < -0.4 is 5.32 Å². The topological polar surface area (TPSA) is 67.2 Å². The van der Waals surface area contributed by atoms with Crippen molar-refractivity contribution < 1.29 is 9.90 Å². The van der Waals surface area contributed by atoms with Gasteiger partial charge in [-0.1, -0.05) is 13.8 Å². The molecular weight excluding hydrogens is 290 g/mol. The molecule has 0 saturated heterocycles. The molecule has 0 unspecified atom stereocenters. The van der Waals surface area contributed by atoms with Gasteiger partial charge < -0.3 is 10.4 Å². The fourth-order valence-electron chi connectivity index (χ4n) is 2.85. The lowest BCUT2D eigenvalue weighted by Crippen LogP contribution is -2.39. The zero-order valence-corrected chi connectivity index (χ0v) is 15.1. The van der Waals surface area contributed by atoms with Crippen LogP contribution in [0.2, 0.25) is 0 Å². The molecule has 0 bridgehead atoms. The van der Waals surface area contributed by atoms with Gasteiger partial charge in [0.25, 0.3) is 5.91 Å². The van der Waals surface area contributed by atoms with Gasteiger partial charge in [-0.25, -0.2) is 0 Å². The lowest BCUT2D eigenvalue weighted by molar-refractivity contribution is 0.0845. The van der Waals surface area contributed by atoms with Crippen molar-refractivity contribution >= 4 is 5.91 Å². The van der Waals surface area contributed by atoms with Crippen LogP contribution in [0, 0.1) is 5.41 Å². The first-order valence-corrected chi connectivity index (χ1v) is 8.76. The van der Waals surface area contributed by atoms with Crippen LogP contribution >= 0.6 is 0 Å². The van der Waals surface area contributed by atoms with Crippen LogP contribution in [-0.4, -0.2) is 33.9 Å². The summed E-state index contributed by atoms with van der Waals surface area (Å²) >= 11 is 0. The molecule has 23 heavy (non-hydrogen) atoms. The van der Waals surface area contributed by atoms with E-state index < -0.39 is 0 Å². The Morgan fingerprint density at radius 2 is 1.96 bits per heavy atom. The molecule has 1 aromatic rings. The summed E-state index contributed by atoms with van der Waals surface area (Å²) in [5.74, 6) is 0.403. The molecule has 1 aliphatic carbocycles. The maximum Gasteiger partial charge on any atom is 0.271 e. The molecule has 0 atom stereocenters. The van der Waals surface area contributed by atoms with Crippen molar-refractivity contribution in [1.82, 2.24) is 15.1 Å². The third-order valence-electron chi connectivity index (χ3n) is 5.06. The second-order valence-corrected chi connectivity index (χ2v) is 7.86. The Balaban J connectivity index is 2.14. The van der Waals surface area contributed by atoms with E-state index in [1.807, 2.05) is 24.6 Å². The number of aromatic nitrogens is 2. The standard InChI is InChI=1S/C18H31N3O2/c1-6-18(7-2,12-22)11-19-16(23)14-10-15(13-8-9-13)21(20-14)17(3,4)5/h10,13,22H,6-9,11-12H2,1-5H3,(H,19,23). The van der Waals surface area contributed by atoms with Gasteiger partial charge in [0, 0.05) is 23.6 Å². The molecule has 2 N–H and O–H groups in total. The molecule has 1 amide bonds. The highest BCUT2D eigenvalue weighted by atomic mass is 16.3. The van der Waals surface area contributed by atoms with Crippen molar-refractivity contribution in [1.29, 1.82) is 0 Å². The average Bonchev–Trinajstić information content (AvgIpc) is 3.26. The van der Waals surface area contributed by atoms with E-state index in [1.54, 1.807) is 0 Å². The van der Waals surface area contributed by atoms with Gasteiger partial charge in [-0.2, -0.15) is 5.10 Å². The van der Waals surface area contributed by atoms with E-state index in [1.165, 1.54) is 18.5 Å². The van der Waals surface area contributed by atoms with Gasteiger partial charge in [-0.15, -0.1) is 0 Å². The lowest BCUT2D eigenvalue weighted by atomic mass is 9.83. The van der Waals surface area contributed by atoms with Crippen LogP contribution in [0.25, 0.3) is 0 Å². The maximum absolute atomic E-state index is 12.5. The third kappa shape index (κ3) is 3.94. The summed E-state index contributed by atoms with van der Waals surface area (Å²) in [5.41, 5.74) is 1.29. The zero-order chi connectivity index (χ0) is 17.3. The van der Waals surface area contributed by atoms with Crippen molar-refractivity contribution in [2.75, 3.05) is 13.2 Å². The molecule has 1 saturated carbocycles. The van der Waals surface area contributed by atoms with E-state index in [0.29, 0.717) is 18.2 Å². The number of carbonyl (C=O) groups is 1. The molecule has 5 nitrogen and oxygen atoms in total. The number of aliphatic hydroxyl groups is 1. The fraction of sp³-hybridized carbons (Fsp3) is 0.778. The molecule has 0 aliphatic heterocycles. The monoisotopic (exact) mass is 321 g/mol. The molecule has 5 heteroatoms. The molecule has 0 radical (unpaired) electrons. The highest BCUT2D eigenvalue weighted by Crippen LogP contribution is 2.41. The van der Waals surface area contributed by atoms with Crippen molar-refractivity contribution in [3.63, 3.8) is 0 Å². The lowest BCUT2D eigenvalue weighted by Gasteiger charge is -2.29. The Hall–Kier alpha value is -1.36. The van der Waals surface area contributed by atoms with Gasteiger partial charge in [0.2, 0.25) is 0 Å². The molecule has 1 fully saturated rings. The van der Waals surface area contributed by atoms with Gasteiger partial charge in [-0.05, 0) is 52.5 Å². The number of hydrogen-bond acceptors (Lipinski definition) is 3. The minimum Gasteiger partial charge on any atom is -0.396 e. The quantitative estimate of drug-likeness (QED) is 0.811. The smallest absolute Gasteiger partial charge is 0.271 e. The first-order valence-electron chi connectivity index (χ1n) is 8.76. The molecule has 0 aromatic carbocycles. The van der Waals surface area contributed by atoms with Gasteiger partial charge >= 0.3 is 0 Å². The van der Waals surface area contributed by atoms with E-state index in [9.17, 15) is 9.90 Å². The van der Waals surface area contributed by atoms with E-state index in [4.69, 9.17) is 0 Å². The number of amides is 1. The predicted molar refractivity (Wildman–Crippen MR) is 91.6 cm³/mol. The van der Waals surface area contributed by atoms with Crippen LogP contribution in [0.4, 0.5) is 0 Å². The van der Waals surface area contributed by atoms with Crippen molar-refractivity contribution in [3.8, 4) is 0 Å². The van der Waals surface area contributed by atoms with Crippen LogP contribution in [0.5, 0.6) is 0 Å².